The Morgan fingerprint density at radius 1 is 0.917 bits per heavy atom. The highest BCUT2D eigenvalue weighted by Crippen LogP contribution is 2.43. The molecule has 0 aromatic heterocycles. The zero-order chi connectivity index (χ0) is 26.0. The first-order valence-electron chi connectivity index (χ1n) is 10.8. The number of aliphatic hydroxyl groups excluding tert-OH is 1. The molecule has 1 unspecified atom stereocenters. The molecule has 0 spiro atoms. The highest BCUT2D eigenvalue weighted by atomic mass is 35.5. The van der Waals surface area contributed by atoms with Gasteiger partial charge in [-0.25, -0.2) is 4.79 Å². The fraction of sp³-hybridized carbons (Fsp3) is 0.148. The fourth-order valence-electron chi connectivity index (χ4n) is 4.10. The van der Waals surface area contributed by atoms with Crippen LogP contribution in [0.5, 0.6) is 11.5 Å². The normalized spacial score (nSPS) is 16.7. The van der Waals surface area contributed by atoms with Crippen molar-refractivity contribution >= 4 is 40.7 Å². The Balaban J connectivity index is 1.95. The molecule has 3 aromatic carbocycles. The molecular formula is C27H22ClNO7. The Morgan fingerprint density at radius 3 is 2.33 bits per heavy atom. The molecule has 8 nitrogen and oxygen atoms in total. The first-order chi connectivity index (χ1) is 17.3. The van der Waals surface area contributed by atoms with Gasteiger partial charge in [-0.2, -0.15) is 0 Å². The van der Waals surface area contributed by atoms with Gasteiger partial charge in [0.1, 0.15) is 17.3 Å². The number of hydrogen-bond donors (Lipinski definition) is 1. The number of anilines is 1. The molecule has 1 atom stereocenters. The van der Waals surface area contributed by atoms with Crippen LogP contribution in [0.3, 0.4) is 0 Å². The van der Waals surface area contributed by atoms with Crippen LogP contribution in [-0.4, -0.2) is 44.1 Å². The number of ether oxygens (including phenoxy) is 3. The number of ketones is 1. The molecule has 1 amide bonds. The minimum absolute atomic E-state index is 0.141. The highest BCUT2D eigenvalue weighted by molar-refractivity contribution is 6.51. The van der Waals surface area contributed by atoms with E-state index in [4.69, 9.17) is 25.8 Å². The maximum atomic E-state index is 13.3. The molecular weight excluding hydrogens is 486 g/mol. The van der Waals surface area contributed by atoms with Crippen molar-refractivity contribution in [3.05, 3.63) is 94.0 Å². The molecule has 3 aromatic rings. The van der Waals surface area contributed by atoms with E-state index in [1.165, 1.54) is 50.5 Å². The predicted octanol–water partition coefficient (Wildman–Crippen LogP) is 4.77. The second-order valence-corrected chi connectivity index (χ2v) is 8.24. The van der Waals surface area contributed by atoms with Gasteiger partial charge in [-0.1, -0.05) is 29.8 Å². The van der Waals surface area contributed by atoms with E-state index in [-0.39, 0.29) is 27.4 Å². The quantitative estimate of drug-likeness (QED) is 0.222. The number of benzene rings is 3. The van der Waals surface area contributed by atoms with Crippen molar-refractivity contribution < 1.29 is 33.7 Å². The highest BCUT2D eigenvalue weighted by Gasteiger charge is 2.47. The van der Waals surface area contributed by atoms with Crippen LogP contribution >= 0.6 is 11.6 Å². The minimum atomic E-state index is -1.02. The zero-order valence-corrected chi connectivity index (χ0v) is 20.4. The number of carbonyl (C=O) groups excluding carboxylic acids is 3. The topological polar surface area (TPSA) is 102 Å². The largest absolute Gasteiger partial charge is 0.507 e. The van der Waals surface area contributed by atoms with Crippen molar-refractivity contribution in [2.75, 3.05) is 26.2 Å². The Kier molecular flexibility index (Phi) is 6.98. The van der Waals surface area contributed by atoms with Crippen molar-refractivity contribution in [1.29, 1.82) is 0 Å². The summed E-state index contributed by atoms with van der Waals surface area (Å²) < 4.78 is 15.3. The lowest BCUT2D eigenvalue weighted by Crippen LogP contribution is -2.29. The van der Waals surface area contributed by atoms with Crippen molar-refractivity contribution in [2.45, 2.75) is 6.04 Å². The van der Waals surface area contributed by atoms with Gasteiger partial charge in [0.25, 0.3) is 11.7 Å². The number of rotatable bonds is 6. The molecule has 1 N–H and O–H groups in total. The number of nitrogens with zero attached hydrogens (tertiary/aromatic N) is 1. The Labute approximate surface area is 212 Å². The lowest BCUT2D eigenvalue weighted by atomic mass is 9.95. The number of halogens is 1. The van der Waals surface area contributed by atoms with Crippen LogP contribution in [0.4, 0.5) is 5.69 Å². The summed E-state index contributed by atoms with van der Waals surface area (Å²) in [4.78, 5) is 40.0. The molecule has 36 heavy (non-hydrogen) atoms. The van der Waals surface area contributed by atoms with E-state index in [1.807, 2.05) is 0 Å². The van der Waals surface area contributed by atoms with Crippen molar-refractivity contribution in [3.8, 4) is 11.5 Å². The number of Topliss-reactive ketones (excluding diaryl/α,β-unsaturated/α-hetero) is 1. The third-order valence-corrected chi connectivity index (χ3v) is 6.12. The lowest BCUT2D eigenvalue weighted by Gasteiger charge is -2.26. The molecule has 1 fully saturated rings. The summed E-state index contributed by atoms with van der Waals surface area (Å²) in [5.74, 6) is -1.88. The maximum absolute atomic E-state index is 13.3. The molecule has 0 radical (unpaired) electrons. The van der Waals surface area contributed by atoms with Crippen LogP contribution < -0.4 is 14.4 Å². The summed E-state index contributed by atoms with van der Waals surface area (Å²) in [6.45, 7) is 0. The molecule has 0 saturated carbocycles. The van der Waals surface area contributed by atoms with E-state index in [2.05, 4.69) is 0 Å². The maximum Gasteiger partial charge on any atom is 0.337 e. The van der Waals surface area contributed by atoms with Gasteiger partial charge in [0, 0.05) is 11.3 Å². The van der Waals surface area contributed by atoms with E-state index in [9.17, 15) is 19.5 Å². The van der Waals surface area contributed by atoms with E-state index in [0.29, 0.717) is 17.1 Å². The molecule has 1 aliphatic heterocycles. The smallest absolute Gasteiger partial charge is 0.337 e. The third-order valence-electron chi connectivity index (χ3n) is 5.82. The zero-order valence-electron chi connectivity index (χ0n) is 19.7. The molecule has 4 rings (SSSR count). The summed E-state index contributed by atoms with van der Waals surface area (Å²) in [5.41, 5.74) is 1.08. The van der Waals surface area contributed by atoms with Gasteiger partial charge in [-0.15, -0.1) is 0 Å². The SMILES string of the molecule is COC(=O)c1cccc(N2C(=O)C(=O)/C(=C(/O)c3ccc(OC)c(Cl)c3)C2c2cccc(OC)c2)c1. The summed E-state index contributed by atoms with van der Waals surface area (Å²) in [5, 5.41) is 11.5. The van der Waals surface area contributed by atoms with Gasteiger partial charge in [-0.3, -0.25) is 14.5 Å². The summed E-state index contributed by atoms with van der Waals surface area (Å²) in [6.07, 6.45) is 0. The number of esters is 1. The van der Waals surface area contributed by atoms with Gasteiger partial charge in [0.05, 0.1) is 43.5 Å². The van der Waals surface area contributed by atoms with Crippen molar-refractivity contribution in [3.63, 3.8) is 0 Å². The second-order valence-electron chi connectivity index (χ2n) is 7.84. The number of methoxy groups -OCH3 is 3. The van der Waals surface area contributed by atoms with E-state index in [1.54, 1.807) is 42.5 Å². The number of amides is 1. The first-order valence-corrected chi connectivity index (χ1v) is 11.2. The van der Waals surface area contributed by atoms with Crippen LogP contribution in [-0.2, 0) is 14.3 Å². The van der Waals surface area contributed by atoms with Gasteiger partial charge < -0.3 is 19.3 Å². The van der Waals surface area contributed by atoms with Gasteiger partial charge >= 0.3 is 5.97 Å². The Morgan fingerprint density at radius 2 is 1.67 bits per heavy atom. The molecule has 9 heteroatoms. The van der Waals surface area contributed by atoms with Gasteiger partial charge in [-0.05, 0) is 54.1 Å². The number of hydrogen-bond acceptors (Lipinski definition) is 7. The standard InChI is InChI=1S/C27H22ClNO7/c1-34-19-9-5-6-15(13-19)23-22(24(30)16-10-11-21(35-2)20(28)14-16)25(31)26(32)29(23)18-8-4-7-17(12-18)27(33)36-3/h4-14,23,30H,1-3H3/b24-22+. The molecule has 0 aliphatic carbocycles. The fourth-order valence-corrected chi connectivity index (χ4v) is 4.35. The average molecular weight is 508 g/mol. The van der Waals surface area contributed by atoms with Crippen LogP contribution in [0.2, 0.25) is 5.02 Å². The van der Waals surface area contributed by atoms with E-state index in [0.717, 1.165) is 0 Å². The monoisotopic (exact) mass is 507 g/mol. The number of carbonyl (C=O) groups is 3. The molecule has 1 aliphatic rings. The first kappa shape index (κ1) is 24.8. The van der Waals surface area contributed by atoms with Crippen molar-refractivity contribution in [2.24, 2.45) is 0 Å². The average Bonchev–Trinajstić information content (AvgIpc) is 3.17. The van der Waals surface area contributed by atoms with Crippen LogP contribution in [0.25, 0.3) is 5.76 Å². The molecule has 1 heterocycles. The summed E-state index contributed by atoms with van der Waals surface area (Å²) in [6, 6.07) is 16.5. The van der Waals surface area contributed by atoms with Crippen LogP contribution in [0.15, 0.2) is 72.3 Å². The van der Waals surface area contributed by atoms with Gasteiger partial charge in [0.2, 0.25) is 0 Å². The molecule has 1 saturated heterocycles. The van der Waals surface area contributed by atoms with E-state index < -0.39 is 29.5 Å². The molecule has 184 valence electrons. The third kappa shape index (κ3) is 4.38. The van der Waals surface area contributed by atoms with Crippen molar-refractivity contribution in [1.82, 2.24) is 0 Å². The van der Waals surface area contributed by atoms with Crippen LogP contribution in [0.1, 0.15) is 27.5 Å². The summed E-state index contributed by atoms with van der Waals surface area (Å²) >= 11 is 6.24. The second kappa shape index (κ2) is 10.1. The lowest BCUT2D eigenvalue weighted by molar-refractivity contribution is -0.132. The number of aliphatic hydroxyl groups is 1. The Bertz CT molecular complexity index is 1400. The van der Waals surface area contributed by atoms with Crippen LogP contribution in [0, 0.1) is 0 Å². The Hall–Kier alpha value is -4.30. The van der Waals surface area contributed by atoms with Gasteiger partial charge in [0.15, 0.2) is 0 Å². The van der Waals surface area contributed by atoms with E-state index >= 15 is 0 Å². The molecule has 0 bridgehead atoms. The predicted molar refractivity (Wildman–Crippen MR) is 134 cm³/mol. The minimum Gasteiger partial charge on any atom is -0.507 e. The summed E-state index contributed by atoms with van der Waals surface area (Å²) in [7, 11) is 4.20.